The zero-order valence-corrected chi connectivity index (χ0v) is 12.2. The Morgan fingerprint density at radius 1 is 1.20 bits per heavy atom. The van der Waals surface area contributed by atoms with Gasteiger partial charge in [0.1, 0.15) is 0 Å². The highest BCUT2D eigenvalue weighted by molar-refractivity contribution is 6.01. The number of carbonyl (C=O) groups excluding carboxylic acids is 2. The van der Waals surface area contributed by atoms with E-state index < -0.39 is 23.8 Å². The molecule has 0 spiro atoms. The van der Waals surface area contributed by atoms with Gasteiger partial charge in [0.2, 0.25) is 0 Å². The molecule has 0 bridgehead atoms. The van der Waals surface area contributed by atoms with Crippen molar-refractivity contribution in [3.8, 4) is 0 Å². The molecule has 0 aliphatic rings. The molecule has 0 radical (unpaired) electrons. The average molecular weight is 279 g/mol. The van der Waals surface area contributed by atoms with E-state index >= 15 is 0 Å². The monoisotopic (exact) mass is 279 g/mol. The zero-order chi connectivity index (χ0) is 15.3. The van der Waals surface area contributed by atoms with Crippen LogP contribution in [-0.4, -0.2) is 36.0 Å². The first-order valence-electron chi connectivity index (χ1n) is 6.48. The van der Waals surface area contributed by atoms with Gasteiger partial charge in [-0.2, -0.15) is 0 Å². The Morgan fingerprint density at radius 3 is 2.25 bits per heavy atom. The molecule has 0 aromatic heterocycles. The van der Waals surface area contributed by atoms with E-state index in [0.29, 0.717) is 5.56 Å². The molecular weight excluding hydrogens is 258 g/mol. The minimum Gasteiger partial charge on any atom is -0.388 e. The molecule has 5 nitrogen and oxygen atoms in total. The maximum atomic E-state index is 12.3. The van der Waals surface area contributed by atoms with Crippen LogP contribution >= 0.6 is 0 Å². The van der Waals surface area contributed by atoms with Crippen LogP contribution in [0.3, 0.4) is 0 Å². The highest BCUT2D eigenvalue weighted by atomic mass is 16.7. The van der Waals surface area contributed by atoms with Gasteiger partial charge in [-0.15, -0.1) is 0 Å². The van der Waals surface area contributed by atoms with Crippen molar-refractivity contribution in [3.63, 3.8) is 0 Å². The van der Waals surface area contributed by atoms with Crippen LogP contribution in [0.25, 0.3) is 0 Å². The first-order valence-corrected chi connectivity index (χ1v) is 6.48. The normalized spacial score (nSPS) is 15.2. The predicted octanol–water partition coefficient (Wildman–Crippen LogP) is 1.58. The molecule has 1 aromatic carbocycles. The minimum absolute atomic E-state index is 0.310. The number of hydroxylamine groups is 2. The van der Waals surface area contributed by atoms with Crippen LogP contribution in [-0.2, 0) is 14.4 Å². The fourth-order valence-corrected chi connectivity index (χ4v) is 1.97. The second-order valence-electron chi connectivity index (χ2n) is 4.79. The number of ketones is 1. The molecule has 1 aromatic rings. The summed E-state index contributed by atoms with van der Waals surface area (Å²) in [7, 11) is 2.81. The molecule has 0 aliphatic heterocycles. The molecule has 0 aliphatic carbocycles. The van der Waals surface area contributed by atoms with Gasteiger partial charge in [0.05, 0.1) is 19.1 Å². The molecule has 0 unspecified atom stereocenters. The Kier molecular flexibility index (Phi) is 5.85. The summed E-state index contributed by atoms with van der Waals surface area (Å²) < 4.78 is 0. The van der Waals surface area contributed by atoms with Gasteiger partial charge in [-0.3, -0.25) is 14.4 Å². The van der Waals surface area contributed by atoms with Gasteiger partial charge in [-0.05, 0) is 12.5 Å². The molecule has 3 atom stereocenters. The van der Waals surface area contributed by atoms with Crippen molar-refractivity contribution in [1.29, 1.82) is 0 Å². The van der Waals surface area contributed by atoms with Crippen molar-refractivity contribution in [2.45, 2.75) is 20.0 Å². The molecule has 1 rings (SSSR count). The smallest absolute Gasteiger partial charge is 0.256 e. The quantitative estimate of drug-likeness (QED) is 0.634. The molecule has 0 heterocycles. The van der Waals surface area contributed by atoms with E-state index in [-0.39, 0.29) is 5.78 Å². The molecule has 0 fully saturated rings. The van der Waals surface area contributed by atoms with Crippen LogP contribution < -0.4 is 0 Å². The summed E-state index contributed by atoms with van der Waals surface area (Å²) >= 11 is 0. The average Bonchev–Trinajstić information content (AvgIpc) is 2.51. The van der Waals surface area contributed by atoms with Crippen molar-refractivity contribution in [2.75, 3.05) is 14.2 Å². The summed E-state index contributed by atoms with van der Waals surface area (Å²) in [5, 5.41) is 11.2. The Morgan fingerprint density at radius 2 is 1.75 bits per heavy atom. The predicted molar refractivity (Wildman–Crippen MR) is 74.5 cm³/mol. The Balaban J connectivity index is 2.79. The number of nitrogens with zero attached hydrogens (tertiary/aromatic N) is 1. The van der Waals surface area contributed by atoms with Crippen LogP contribution in [0.1, 0.15) is 25.5 Å². The summed E-state index contributed by atoms with van der Waals surface area (Å²) in [6, 6.07) is 8.93. The molecule has 0 saturated carbocycles. The fraction of sp³-hybridized carbons (Fsp3) is 0.467. The topological polar surface area (TPSA) is 66.8 Å². The van der Waals surface area contributed by atoms with E-state index in [4.69, 9.17) is 4.84 Å². The van der Waals surface area contributed by atoms with Gasteiger partial charge in [0.25, 0.3) is 5.91 Å². The number of rotatable bonds is 6. The van der Waals surface area contributed by atoms with Gasteiger partial charge in [0, 0.05) is 13.0 Å². The highest BCUT2D eigenvalue weighted by Crippen LogP contribution is 2.25. The molecule has 110 valence electrons. The van der Waals surface area contributed by atoms with Gasteiger partial charge < -0.3 is 5.11 Å². The van der Waals surface area contributed by atoms with Gasteiger partial charge in [-0.1, -0.05) is 37.3 Å². The summed E-state index contributed by atoms with van der Waals surface area (Å²) in [5.74, 6) is -2.25. The Labute approximate surface area is 119 Å². The summed E-state index contributed by atoms with van der Waals surface area (Å²) in [6.07, 6.45) is -0.924. The van der Waals surface area contributed by atoms with Crippen LogP contribution in [0, 0.1) is 11.8 Å². The molecule has 0 saturated heterocycles. The number of aliphatic hydroxyl groups is 1. The lowest BCUT2D eigenvalue weighted by Gasteiger charge is -2.23. The fourth-order valence-electron chi connectivity index (χ4n) is 1.97. The van der Waals surface area contributed by atoms with Gasteiger partial charge >= 0.3 is 0 Å². The summed E-state index contributed by atoms with van der Waals surface area (Å²) in [4.78, 5) is 28.9. The first kappa shape index (κ1) is 16.3. The Hall–Kier alpha value is -1.72. The lowest BCUT2D eigenvalue weighted by Crippen LogP contribution is -2.38. The second kappa shape index (κ2) is 7.17. The molecular formula is C15H21NO4. The number of benzene rings is 1. The van der Waals surface area contributed by atoms with E-state index in [1.54, 1.807) is 31.2 Å². The maximum absolute atomic E-state index is 12.3. The van der Waals surface area contributed by atoms with Crippen LogP contribution in [0.4, 0.5) is 0 Å². The maximum Gasteiger partial charge on any atom is 0.256 e. The van der Waals surface area contributed by atoms with Crippen LogP contribution in [0.2, 0.25) is 0 Å². The van der Waals surface area contributed by atoms with Crippen molar-refractivity contribution < 1.29 is 19.5 Å². The molecule has 5 heteroatoms. The van der Waals surface area contributed by atoms with E-state index in [1.165, 1.54) is 21.1 Å². The minimum atomic E-state index is -0.924. The van der Waals surface area contributed by atoms with Crippen molar-refractivity contribution in [2.24, 2.45) is 11.8 Å². The first-order chi connectivity index (χ1) is 9.40. The third kappa shape index (κ3) is 3.65. The number of carbonyl (C=O) groups is 2. The van der Waals surface area contributed by atoms with E-state index in [0.717, 1.165) is 5.06 Å². The van der Waals surface area contributed by atoms with Crippen LogP contribution in [0.5, 0.6) is 0 Å². The van der Waals surface area contributed by atoms with E-state index in [1.807, 2.05) is 6.07 Å². The van der Waals surface area contributed by atoms with Gasteiger partial charge in [0.15, 0.2) is 5.78 Å². The third-order valence-corrected chi connectivity index (χ3v) is 3.44. The second-order valence-corrected chi connectivity index (χ2v) is 4.79. The largest absolute Gasteiger partial charge is 0.388 e. The van der Waals surface area contributed by atoms with E-state index in [2.05, 4.69) is 0 Å². The SMILES string of the molecule is CON(C)C(=O)[C@@H](C)C(=O)[C@@H](C)[C@H](O)c1ccccc1. The number of hydrogen-bond donors (Lipinski definition) is 1. The Bertz CT molecular complexity index is 460. The van der Waals surface area contributed by atoms with Crippen molar-refractivity contribution in [1.82, 2.24) is 5.06 Å². The molecule has 1 N–H and O–H groups in total. The zero-order valence-electron chi connectivity index (χ0n) is 12.2. The molecule has 20 heavy (non-hydrogen) atoms. The standard InChI is InChI=1S/C15H21NO4/c1-10(14(18)12-8-6-5-7-9-12)13(17)11(2)15(19)16(3)20-4/h5-11,14,18H,1-4H3/t10-,11+,14+/m1/s1. The summed E-state index contributed by atoms with van der Waals surface area (Å²) in [5.41, 5.74) is 0.660. The summed E-state index contributed by atoms with van der Waals surface area (Å²) in [6.45, 7) is 3.14. The van der Waals surface area contributed by atoms with Crippen molar-refractivity contribution >= 4 is 11.7 Å². The number of aliphatic hydroxyl groups excluding tert-OH is 1. The van der Waals surface area contributed by atoms with Crippen molar-refractivity contribution in [3.05, 3.63) is 35.9 Å². The number of hydrogen-bond acceptors (Lipinski definition) is 4. The number of Topliss-reactive ketones (excluding diaryl/α,β-unsaturated/α-hetero) is 1. The van der Waals surface area contributed by atoms with Gasteiger partial charge in [-0.25, -0.2) is 5.06 Å². The lowest BCUT2D eigenvalue weighted by atomic mass is 9.87. The lowest BCUT2D eigenvalue weighted by molar-refractivity contribution is -0.174. The highest BCUT2D eigenvalue weighted by Gasteiger charge is 2.32. The van der Waals surface area contributed by atoms with E-state index in [9.17, 15) is 14.7 Å². The third-order valence-electron chi connectivity index (χ3n) is 3.44. The molecule has 1 amide bonds. The van der Waals surface area contributed by atoms with Crippen LogP contribution in [0.15, 0.2) is 30.3 Å². The number of amides is 1.